The average Bonchev–Trinajstić information content (AvgIpc) is 3.39. The Hall–Kier alpha value is -3.85. The molecule has 0 fully saturated rings. The van der Waals surface area contributed by atoms with Crippen molar-refractivity contribution in [3.63, 3.8) is 0 Å². The lowest BCUT2D eigenvalue weighted by Gasteiger charge is -2.18. The molecule has 30 heavy (non-hydrogen) atoms. The van der Waals surface area contributed by atoms with E-state index in [0.717, 1.165) is 16.5 Å². The van der Waals surface area contributed by atoms with E-state index in [1.807, 2.05) is 29.6 Å². The monoisotopic (exact) mass is 420 g/mol. The van der Waals surface area contributed by atoms with Crippen LogP contribution in [0.2, 0.25) is 0 Å². The number of nitrogens with zero attached hydrogens (tertiary/aromatic N) is 1. The summed E-state index contributed by atoms with van der Waals surface area (Å²) in [7, 11) is 1.60. The molecule has 0 atom stereocenters. The van der Waals surface area contributed by atoms with E-state index in [-0.39, 0.29) is 18.4 Å². The number of nitrogens with one attached hydrogen (secondary N) is 3. The summed E-state index contributed by atoms with van der Waals surface area (Å²) in [5.74, 6) is 0.865. The minimum Gasteiger partial charge on any atom is -0.497 e. The number of rotatable bonds is 4. The lowest BCUT2D eigenvalue weighted by atomic mass is 10.1. The Kier molecular flexibility index (Phi) is 4.36. The van der Waals surface area contributed by atoms with Gasteiger partial charge in [-0.25, -0.2) is 4.98 Å². The third-order valence-electron chi connectivity index (χ3n) is 4.71. The Balaban J connectivity index is 1.35. The van der Waals surface area contributed by atoms with Gasteiger partial charge in [0.2, 0.25) is 0 Å². The summed E-state index contributed by atoms with van der Waals surface area (Å²) in [5.41, 5.74) is 3.37. The van der Waals surface area contributed by atoms with Crippen LogP contribution in [0, 0.1) is 0 Å². The van der Waals surface area contributed by atoms with Gasteiger partial charge in [-0.05, 0) is 36.4 Å². The van der Waals surface area contributed by atoms with E-state index in [2.05, 4.69) is 20.6 Å². The summed E-state index contributed by atoms with van der Waals surface area (Å²) >= 11 is 1.32. The van der Waals surface area contributed by atoms with Crippen LogP contribution in [0.5, 0.6) is 11.5 Å². The third-order valence-corrected chi connectivity index (χ3v) is 5.46. The van der Waals surface area contributed by atoms with Gasteiger partial charge in [-0.2, -0.15) is 0 Å². The number of methoxy groups -OCH3 is 1. The molecule has 3 heterocycles. The molecular weight excluding hydrogens is 404 g/mol. The van der Waals surface area contributed by atoms with Crippen molar-refractivity contribution in [2.24, 2.45) is 0 Å². The second kappa shape index (κ2) is 7.20. The number of fused-ring (bicyclic) bond motifs is 2. The van der Waals surface area contributed by atoms with E-state index >= 15 is 0 Å². The highest BCUT2D eigenvalue weighted by Gasteiger charge is 2.18. The molecule has 1 aliphatic heterocycles. The Bertz CT molecular complexity index is 1290. The van der Waals surface area contributed by atoms with Gasteiger partial charge in [-0.3, -0.25) is 14.9 Å². The number of aromatic amines is 1. The summed E-state index contributed by atoms with van der Waals surface area (Å²) in [6.07, 6.45) is 0. The number of H-pyrrole nitrogens is 1. The van der Waals surface area contributed by atoms with Crippen LogP contribution in [-0.2, 0) is 4.79 Å². The third kappa shape index (κ3) is 3.35. The molecule has 0 bridgehead atoms. The molecular formula is C21H16N4O4S. The summed E-state index contributed by atoms with van der Waals surface area (Å²) < 4.78 is 10.6. The number of amides is 2. The number of carbonyl (C=O) groups is 2. The van der Waals surface area contributed by atoms with Crippen molar-refractivity contribution in [3.05, 3.63) is 53.5 Å². The van der Waals surface area contributed by atoms with Crippen molar-refractivity contribution >= 4 is 44.9 Å². The number of thiazole rings is 1. The number of aromatic nitrogens is 2. The fraction of sp³-hybridized carbons (Fsp3) is 0.0952. The van der Waals surface area contributed by atoms with Gasteiger partial charge in [-0.1, -0.05) is 0 Å². The van der Waals surface area contributed by atoms with E-state index in [9.17, 15) is 9.59 Å². The summed E-state index contributed by atoms with van der Waals surface area (Å²) in [6, 6.07) is 12.8. The first-order valence-corrected chi connectivity index (χ1v) is 9.98. The van der Waals surface area contributed by atoms with Crippen LogP contribution >= 0.6 is 11.3 Å². The number of hydrogen-bond donors (Lipinski definition) is 3. The lowest BCUT2D eigenvalue weighted by molar-refractivity contribution is -0.118. The van der Waals surface area contributed by atoms with E-state index in [1.54, 1.807) is 25.3 Å². The molecule has 2 aromatic carbocycles. The molecule has 0 radical (unpaired) electrons. The van der Waals surface area contributed by atoms with E-state index < -0.39 is 0 Å². The quantitative estimate of drug-likeness (QED) is 0.465. The fourth-order valence-corrected chi connectivity index (χ4v) is 3.94. The zero-order valence-corrected chi connectivity index (χ0v) is 16.6. The number of ether oxygens (including phenoxy) is 2. The Morgan fingerprint density at radius 3 is 3.00 bits per heavy atom. The minimum absolute atomic E-state index is 0.0137. The predicted molar refractivity (Wildman–Crippen MR) is 114 cm³/mol. The number of anilines is 2. The molecule has 3 N–H and O–H groups in total. The van der Waals surface area contributed by atoms with Gasteiger partial charge in [0.25, 0.3) is 11.8 Å². The van der Waals surface area contributed by atoms with Crippen molar-refractivity contribution in [3.8, 4) is 22.8 Å². The van der Waals surface area contributed by atoms with Crippen LogP contribution in [0.1, 0.15) is 10.5 Å². The Morgan fingerprint density at radius 2 is 2.13 bits per heavy atom. The molecule has 0 unspecified atom stereocenters. The van der Waals surface area contributed by atoms with Gasteiger partial charge in [-0.15, -0.1) is 11.3 Å². The van der Waals surface area contributed by atoms with Crippen molar-refractivity contribution in [2.45, 2.75) is 0 Å². The molecule has 0 saturated carbocycles. The van der Waals surface area contributed by atoms with Gasteiger partial charge < -0.3 is 19.8 Å². The summed E-state index contributed by atoms with van der Waals surface area (Å²) in [4.78, 5) is 31.8. The van der Waals surface area contributed by atoms with Crippen molar-refractivity contribution < 1.29 is 19.1 Å². The van der Waals surface area contributed by atoms with E-state index in [0.29, 0.717) is 33.7 Å². The van der Waals surface area contributed by atoms with Gasteiger partial charge in [0.05, 0.1) is 18.5 Å². The van der Waals surface area contributed by atoms with Gasteiger partial charge >= 0.3 is 0 Å². The molecule has 8 nitrogen and oxygen atoms in total. The molecule has 0 saturated heterocycles. The maximum Gasteiger partial charge on any atom is 0.273 e. The van der Waals surface area contributed by atoms with Crippen molar-refractivity contribution in [1.82, 2.24) is 9.97 Å². The van der Waals surface area contributed by atoms with Gasteiger partial charge in [0, 0.05) is 27.9 Å². The first-order valence-electron chi connectivity index (χ1n) is 9.10. The number of carbonyl (C=O) groups excluding carboxylic acids is 2. The van der Waals surface area contributed by atoms with Crippen LogP contribution in [0.4, 0.5) is 10.8 Å². The second-order valence-electron chi connectivity index (χ2n) is 6.68. The van der Waals surface area contributed by atoms with E-state index in [1.165, 1.54) is 11.3 Å². The normalized spacial score (nSPS) is 12.8. The van der Waals surface area contributed by atoms with Crippen molar-refractivity contribution in [1.29, 1.82) is 0 Å². The topological polar surface area (TPSA) is 105 Å². The maximum absolute atomic E-state index is 12.6. The highest BCUT2D eigenvalue weighted by molar-refractivity contribution is 7.14. The fourth-order valence-electron chi connectivity index (χ4n) is 3.23. The molecule has 0 spiro atoms. The second-order valence-corrected chi connectivity index (χ2v) is 7.53. The smallest absolute Gasteiger partial charge is 0.273 e. The summed E-state index contributed by atoms with van der Waals surface area (Å²) in [6.45, 7) is 0.0137. The molecule has 5 rings (SSSR count). The van der Waals surface area contributed by atoms with Crippen LogP contribution in [0.25, 0.3) is 22.2 Å². The molecule has 150 valence electrons. The SMILES string of the molecule is COc1ccc2cc(C(=O)Nc3nc(-c4ccc5c(c4)NC(=O)CO5)cs3)[nH]c2c1. The predicted octanol–water partition coefficient (Wildman–Crippen LogP) is 3.88. The number of benzene rings is 2. The van der Waals surface area contributed by atoms with Crippen LogP contribution in [0.15, 0.2) is 47.8 Å². The van der Waals surface area contributed by atoms with E-state index in [4.69, 9.17) is 9.47 Å². The summed E-state index contributed by atoms with van der Waals surface area (Å²) in [5, 5.41) is 8.84. The Morgan fingerprint density at radius 1 is 1.23 bits per heavy atom. The highest BCUT2D eigenvalue weighted by Crippen LogP contribution is 2.34. The lowest BCUT2D eigenvalue weighted by Crippen LogP contribution is -2.25. The first kappa shape index (κ1) is 18.2. The van der Waals surface area contributed by atoms with Gasteiger partial charge in [0.15, 0.2) is 11.7 Å². The molecule has 2 aromatic heterocycles. The average molecular weight is 420 g/mol. The molecule has 1 aliphatic rings. The molecule has 2 amide bonds. The van der Waals surface area contributed by atoms with Crippen molar-refractivity contribution in [2.75, 3.05) is 24.4 Å². The standard InChI is InChI=1S/C21H16N4O4S/c1-28-13-4-2-11-7-16(22-14(11)8-13)20(27)25-21-24-17(10-30-21)12-3-5-18-15(6-12)23-19(26)9-29-18/h2-8,10,22H,9H2,1H3,(H,23,26)(H,24,25,27). The van der Waals surface area contributed by atoms with Crippen LogP contribution in [-0.4, -0.2) is 35.5 Å². The Labute approximate surface area is 174 Å². The highest BCUT2D eigenvalue weighted by atomic mass is 32.1. The number of hydrogen-bond acceptors (Lipinski definition) is 6. The zero-order chi connectivity index (χ0) is 20.7. The minimum atomic E-state index is -0.280. The maximum atomic E-state index is 12.6. The molecule has 0 aliphatic carbocycles. The van der Waals surface area contributed by atoms with Gasteiger partial charge in [0.1, 0.15) is 17.2 Å². The largest absolute Gasteiger partial charge is 0.497 e. The van der Waals surface area contributed by atoms with Crippen LogP contribution < -0.4 is 20.1 Å². The zero-order valence-electron chi connectivity index (χ0n) is 15.8. The molecule has 4 aromatic rings. The van der Waals surface area contributed by atoms with Crippen LogP contribution in [0.3, 0.4) is 0 Å². The molecule has 9 heteroatoms. The first-order chi connectivity index (χ1) is 14.6.